The average Bonchev–Trinajstić information content (AvgIpc) is 3.22. The molecule has 138 valence electrons. The third kappa shape index (κ3) is 2.95. The molecule has 26 heavy (non-hydrogen) atoms. The van der Waals surface area contributed by atoms with E-state index in [9.17, 15) is 5.11 Å². The molecule has 6 heteroatoms. The molecule has 2 aliphatic heterocycles. The Morgan fingerprint density at radius 3 is 2.62 bits per heavy atom. The first-order valence-corrected chi connectivity index (χ1v) is 9.71. The SMILES string of the molecule is CCCCCN1CC(c2cc3c(cc2O)OCO3)c2c(Cl)ccc(Cl)c21. The first-order valence-electron chi connectivity index (χ1n) is 8.95. The van der Waals surface area contributed by atoms with E-state index in [0.29, 0.717) is 21.5 Å². The maximum Gasteiger partial charge on any atom is 0.231 e. The van der Waals surface area contributed by atoms with Gasteiger partial charge < -0.3 is 19.5 Å². The third-order valence-electron chi connectivity index (χ3n) is 5.11. The van der Waals surface area contributed by atoms with E-state index >= 15 is 0 Å². The molecule has 0 saturated carbocycles. The highest BCUT2D eigenvalue weighted by Crippen LogP contribution is 2.51. The second-order valence-electron chi connectivity index (χ2n) is 6.76. The summed E-state index contributed by atoms with van der Waals surface area (Å²) in [6, 6.07) is 7.15. The molecular formula is C20H21Cl2NO3. The molecule has 2 aliphatic rings. The van der Waals surface area contributed by atoms with Crippen LogP contribution < -0.4 is 14.4 Å². The topological polar surface area (TPSA) is 41.9 Å². The van der Waals surface area contributed by atoms with Crippen molar-refractivity contribution in [2.45, 2.75) is 32.1 Å². The van der Waals surface area contributed by atoms with Crippen LogP contribution in [0, 0.1) is 0 Å². The number of aromatic hydroxyl groups is 1. The predicted octanol–water partition coefficient (Wildman–Crippen LogP) is 5.57. The Hall–Kier alpha value is -1.78. The van der Waals surface area contributed by atoms with Gasteiger partial charge in [0.25, 0.3) is 0 Å². The molecule has 4 rings (SSSR count). The van der Waals surface area contributed by atoms with Gasteiger partial charge in [-0.2, -0.15) is 0 Å². The third-order valence-corrected chi connectivity index (χ3v) is 5.75. The van der Waals surface area contributed by atoms with Crippen LogP contribution in [-0.2, 0) is 0 Å². The molecule has 1 atom stereocenters. The van der Waals surface area contributed by atoms with Gasteiger partial charge in [0.15, 0.2) is 11.5 Å². The number of halogens is 2. The zero-order valence-corrected chi connectivity index (χ0v) is 16.1. The average molecular weight is 394 g/mol. The quantitative estimate of drug-likeness (QED) is 0.674. The summed E-state index contributed by atoms with van der Waals surface area (Å²) in [7, 11) is 0. The lowest BCUT2D eigenvalue weighted by Crippen LogP contribution is -2.23. The fourth-order valence-corrected chi connectivity index (χ4v) is 4.42. The van der Waals surface area contributed by atoms with Crippen LogP contribution in [0.3, 0.4) is 0 Å². The van der Waals surface area contributed by atoms with Gasteiger partial charge >= 0.3 is 0 Å². The van der Waals surface area contributed by atoms with Gasteiger partial charge in [0, 0.05) is 41.2 Å². The molecule has 0 aromatic heterocycles. The monoisotopic (exact) mass is 393 g/mol. The fourth-order valence-electron chi connectivity index (χ4n) is 3.85. The number of benzene rings is 2. The van der Waals surface area contributed by atoms with E-state index in [4.69, 9.17) is 32.7 Å². The number of anilines is 1. The van der Waals surface area contributed by atoms with Gasteiger partial charge in [-0.1, -0.05) is 43.0 Å². The van der Waals surface area contributed by atoms with E-state index in [1.807, 2.05) is 18.2 Å². The smallest absolute Gasteiger partial charge is 0.231 e. The first-order chi connectivity index (χ1) is 12.6. The van der Waals surface area contributed by atoms with Crippen molar-refractivity contribution in [2.24, 2.45) is 0 Å². The van der Waals surface area contributed by atoms with Crippen LogP contribution >= 0.6 is 23.2 Å². The summed E-state index contributed by atoms with van der Waals surface area (Å²) in [6.45, 7) is 4.02. The highest BCUT2D eigenvalue weighted by molar-refractivity contribution is 6.36. The molecule has 2 aromatic carbocycles. The molecule has 2 aromatic rings. The van der Waals surface area contributed by atoms with E-state index < -0.39 is 0 Å². The molecule has 2 heterocycles. The van der Waals surface area contributed by atoms with Crippen LogP contribution in [0.2, 0.25) is 10.0 Å². The highest BCUT2D eigenvalue weighted by atomic mass is 35.5. The molecular weight excluding hydrogens is 373 g/mol. The number of hydrogen-bond acceptors (Lipinski definition) is 4. The van der Waals surface area contributed by atoms with Gasteiger partial charge in [0.1, 0.15) is 5.75 Å². The van der Waals surface area contributed by atoms with E-state index in [1.165, 1.54) is 6.42 Å². The molecule has 0 fully saturated rings. The van der Waals surface area contributed by atoms with Gasteiger partial charge in [0.05, 0.1) is 10.7 Å². The molecule has 0 spiro atoms. The lowest BCUT2D eigenvalue weighted by Gasteiger charge is -2.21. The lowest BCUT2D eigenvalue weighted by atomic mass is 9.92. The number of phenols is 1. The molecule has 1 unspecified atom stereocenters. The van der Waals surface area contributed by atoms with Crippen LogP contribution in [0.5, 0.6) is 17.2 Å². The summed E-state index contributed by atoms with van der Waals surface area (Å²) in [5.41, 5.74) is 2.75. The molecule has 0 saturated heterocycles. The van der Waals surface area contributed by atoms with E-state index in [0.717, 1.165) is 42.7 Å². The minimum absolute atomic E-state index is 0.0627. The van der Waals surface area contributed by atoms with E-state index in [-0.39, 0.29) is 18.5 Å². The minimum atomic E-state index is -0.0627. The van der Waals surface area contributed by atoms with Crippen molar-refractivity contribution in [1.29, 1.82) is 0 Å². The van der Waals surface area contributed by atoms with Gasteiger partial charge in [-0.3, -0.25) is 0 Å². The maximum absolute atomic E-state index is 10.6. The first kappa shape index (κ1) is 17.6. The largest absolute Gasteiger partial charge is 0.508 e. The Balaban J connectivity index is 1.76. The van der Waals surface area contributed by atoms with Gasteiger partial charge in [0.2, 0.25) is 6.79 Å². The molecule has 4 nitrogen and oxygen atoms in total. The molecule has 0 radical (unpaired) electrons. The lowest BCUT2D eigenvalue weighted by molar-refractivity contribution is 0.174. The Kier molecular flexibility index (Phi) is 4.80. The number of unbranched alkanes of at least 4 members (excludes halogenated alkanes) is 2. The van der Waals surface area contributed by atoms with Crippen LogP contribution in [-0.4, -0.2) is 25.0 Å². The van der Waals surface area contributed by atoms with Crippen molar-refractivity contribution >= 4 is 28.9 Å². The van der Waals surface area contributed by atoms with Crippen molar-refractivity contribution in [3.8, 4) is 17.2 Å². The van der Waals surface area contributed by atoms with Crippen LogP contribution in [0.4, 0.5) is 5.69 Å². The van der Waals surface area contributed by atoms with Crippen molar-refractivity contribution in [3.63, 3.8) is 0 Å². The van der Waals surface area contributed by atoms with Crippen LogP contribution in [0.25, 0.3) is 0 Å². The summed E-state index contributed by atoms with van der Waals surface area (Å²) in [5, 5.41) is 12.0. The highest BCUT2D eigenvalue weighted by Gasteiger charge is 2.35. The Labute approximate surface area is 163 Å². The standard InChI is InChI=1S/C20H21Cl2NO3/c1-2-3-4-7-23-10-13(19-14(21)5-6-15(22)20(19)23)12-8-17-18(9-16(12)24)26-11-25-17/h5-6,8-9,13,24H,2-4,7,10-11H2,1H3. The van der Waals surface area contributed by atoms with Crippen LogP contribution in [0.1, 0.15) is 43.2 Å². The second-order valence-corrected chi connectivity index (χ2v) is 7.58. The summed E-state index contributed by atoms with van der Waals surface area (Å²) in [5.74, 6) is 1.35. The Morgan fingerprint density at radius 2 is 1.85 bits per heavy atom. The normalized spacial score (nSPS) is 17.7. The van der Waals surface area contributed by atoms with Crippen molar-refractivity contribution in [2.75, 3.05) is 24.8 Å². The number of phenolic OH excluding ortho intramolecular Hbond substituents is 1. The predicted molar refractivity (Wildman–Crippen MR) is 104 cm³/mol. The van der Waals surface area contributed by atoms with Gasteiger partial charge in [-0.15, -0.1) is 0 Å². The number of nitrogens with zero attached hydrogens (tertiary/aromatic N) is 1. The van der Waals surface area contributed by atoms with Gasteiger partial charge in [-0.25, -0.2) is 0 Å². The van der Waals surface area contributed by atoms with Gasteiger partial charge in [-0.05, 0) is 24.6 Å². The number of fused-ring (bicyclic) bond motifs is 2. The number of rotatable bonds is 5. The Bertz CT molecular complexity index is 840. The summed E-state index contributed by atoms with van der Waals surface area (Å²) in [4.78, 5) is 2.29. The number of hydrogen-bond donors (Lipinski definition) is 1. The zero-order valence-electron chi connectivity index (χ0n) is 14.6. The van der Waals surface area contributed by atoms with Crippen molar-refractivity contribution in [3.05, 3.63) is 45.4 Å². The Morgan fingerprint density at radius 1 is 1.12 bits per heavy atom. The van der Waals surface area contributed by atoms with Crippen molar-refractivity contribution < 1.29 is 14.6 Å². The zero-order chi connectivity index (χ0) is 18.3. The molecule has 1 N–H and O–H groups in total. The molecule has 0 bridgehead atoms. The second kappa shape index (κ2) is 7.09. The summed E-state index contributed by atoms with van der Waals surface area (Å²) in [6.07, 6.45) is 3.43. The van der Waals surface area contributed by atoms with Crippen LogP contribution in [0.15, 0.2) is 24.3 Å². The summed E-state index contributed by atoms with van der Waals surface area (Å²) < 4.78 is 10.9. The van der Waals surface area contributed by atoms with E-state index in [2.05, 4.69) is 11.8 Å². The molecule has 0 aliphatic carbocycles. The minimum Gasteiger partial charge on any atom is -0.508 e. The summed E-state index contributed by atoms with van der Waals surface area (Å²) >= 11 is 13.1. The fraction of sp³-hybridized carbons (Fsp3) is 0.400. The van der Waals surface area contributed by atoms with E-state index in [1.54, 1.807) is 6.07 Å². The maximum atomic E-state index is 10.6. The molecule has 0 amide bonds. The number of ether oxygens (including phenoxy) is 2. The van der Waals surface area contributed by atoms with Crippen molar-refractivity contribution in [1.82, 2.24) is 0 Å².